The monoisotopic (exact) mass is 371 g/mol. The summed E-state index contributed by atoms with van der Waals surface area (Å²) < 4.78 is 5.99. The number of nitrogens with one attached hydrogen (secondary N) is 1. The van der Waals surface area contributed by atoms with Gasteiger partial charge in [0.05, 0.1) is 12.7 Å². The van der Waals surface area contributed by atoms with Crippen molar-refractivity contribution < 1.29 is 9.53 Å². The van der Waals surface area contributed by atoms with Crippen LogP contribution in [0.25, 0.3) is 0 Å². The van der Waals surface area contributed by atoms with Gasteiger partial charge in [0.15, 0.2) is 0 Å². The Kier molecular flexibility index (Phi) is 5.20. The van der Waals surface area contributed by atoms with E-state index >= 15 is 0 Å². The summed E-state index contributed by atoms with van der Waals surface area (Å²) in [5, 5.41) is 3.85. The number of carbonyl (C=O) groups is 1. The molecule has 1 amide bonds. The van der Waals surface area contributed by atoms with Gasteiger partial charge in [-0.05, 0) is 23.8 Å². The Balaban J connectivity index is 1.32. The highest BCUT2D eigenvalue weighted by atomic mass is 35.5. The van der Waals surface area contributed by atoms with Crippen molar-refractivity contribution in [3.05, 3.63) is 64.9 Å². The van der Waals surface area contributed by atoms with Crippen LogP contribution in [-0.2, 0) is 11.3 Å². The van der Waals surface area contributed by atoms with Crippen LogP contribution in [0.4, 0.5) is 0 Å². The maximum Gasteiger partial charge on any atom is 0.251 e. The first-order valence-corrected chi connectivity index (χ1v) is 9.34. The highest BCUT2D eigenvalue weighted by Gasteiger charge is 2.43. The van der Waals surface area contributed by atoms with Crippen LogP contribution in [0.1, 0.15) is 15.9 Å². The maximum absolute atomic E-state index is 12.2. The van der Waals surface area contributed by atoms with E-state index in [1.165, 1.54) is 0 Å². The molecule has 2 aliphatic rings. The summed E-state index contributed by atoms with van der Waals surface area (Å²) in [4.78, 5) is 18.6. The van der Waals surface area contributed by atoms with Crippen molar-refractivity contribution >= 4 is 17.5 Å². The molecule has 0 spiro atoms. The fourth-order valence-corrected chi connectivity index (χ4v) is 4.11. The molecule has 0 saturated carbocycles. The standard InChI is InChI=1S/C20H22ClN3O2/c21-18-4-2-1-3-15(18)10-24-11-17-16(13-26-19(17)12-24)9-23-20(25)14-5-7-22-8-6-14/h1-8,16-17,19H,9-13H2,(H,23,25)/t16-,17-,19-/m1/s1. The average Bonchev–Trinajstić information content (AvgIpc) is 3.23. The van der Waals surface area contributed by atoms with Crippen molar-refractivity contribution in [3.8, 4) is 0 Å². The number of hydrogen-bond acceptors (Lipinski definition) is 4. The van der Waals surface area contributed by atoms with Gasteiger partial charge in [-0.15, -0.1) is 0 Å². The predicted molar refractivity (Wildman–Crippen MR) is 100 cm³/mol. The third-order valence-corrected chi connectivity index (χ3v) is 5.70. The lowest BCUT2D eigenvalue weighted by molar-refractivity contribution is 0.0903. The second kappa shape index (κ2) is 7.74. The van der Waals surface area contributed by atoms with Gasteiger partial charge in [-0.25, -0.2) is 0 Å². The van der Waals surface area contributed by atoms with Gasteiger partial charge in [0, 0.05) is 61.0 Å². The zero-order valence-corrected chi connectivity index (χ0v) is 15.2. The predicted octanol–water partition coefficient (Wildman–Crippen LogP) is 2.61. The minimum atomic E-state index is -0.0539. The summed E-state index contributed by atoms with van der Waals surface area (Å²) in [7, 11) is 0. The molecule has 5 nitrogen and oxygen atoms in total. The molecular weight excluding hydrogens is 350 g/mol. The lowest BCUT2D eigenvalue weighted by Crippen LogP contribution is -2.34. The number of likely N-dealkylation sites (tertiary alicyclic amines) is 1. The third kappa shape index (κ3) is 3.75. The largest absolute Gasteiger partial charge is 0.376 e. The molecule has 0 bridgehead atoms. The van der Waals surface area contributed by atoms with E-state index in [2.05, 4.69) is 21.3 Å². The van der Waals surface area contributed by atoms with Crippen molar-refractivity contribution in [2.75, 3.05) is 26.2 Å². The van der Waals surface area contributed by atoms with Crippen LogP contribution in [0.3, 0.4) is 0 Å². The summed E-state index contributed by atoms with van der Waals surface area (Å²) in [5.41, 5.74) is 1.79. The molecule has 1 N–H and O–H groups in total. The molecule has 2 aromatic rings. The van der Waals surface area contributed by atoms with Crippen molar-refractivity contribution in [1.82, 2.24) is 15.2 Å². The molecule has 3 heterocycles. The number of fused-ring (bicyclic) bond motifs is 1. The van der Waals surface area contributed by atoms with Crippen molar-refractivity contribution in [3.63, 3.8) is 0 Å². The smallest absolute Gasteiger partial charge is 0.251 e. The van der Waals surface area contributed by atoms with Gasteiger partial charge in [0.2, 0.25) is 0 Å². The van der Waals surface area contributed by atoms with Crippen LogP contribution in [0, 0.1) is 11.8 Å². The Labute approximate surface area is 158 Å². The number of amides is 1. The van der Waals surface area contributed by atoms with Gasteiger partial charge in [-0.2, -0.15) is 0 Å². The first kappa shape index (κ1) is 17.5. The third-order valence-electron chi connectivity index (χ3n) is 5.33. The Bertz CT molecular complexity index is 771. The normalized spacial score (nSPS) is 25.2. The molecule has 136 valence electrons. The number of nitrogens with zero attached hydrogens (tertiary/aromatic N) is 2. The van der Waals surface area contributed by atoms with Crippen LogP contribution < -0.4 is 5.32 Å². The van der Waals surface area contributed by atoms with Crippen molar-refractivity contribution in [2.24, 2.45) is 11.8 Å². The highest BCUT2D eigenvalue weighted by molar-refractivity contribution is 6.31. The summed E-state index contributed by atoms with van der Waals surface area (Å²) in [5.74, 6) is 0.749. The minimum absolute atomic E-state index is 0.0539. The molecule has 1 aromatic heterocycles. The molecule has 0 unspecified atom stereocenters. The summed E-state index contributed by atoms with van der Waals surface area (Å²) in [6.07, 6.45) is 3.51. The zero-order valence-electron chi connectivity index (χ0n) is 14.5. The van der Waals surface area contributed by atoms with Crippen molar-refractivity contribution in [1.29, 1.82) is 0 Å². The molecule has 4 rings (SSSR count). The Morgan fingerprint density at radius 3 is 2.85 bits per heavy atom. The number of hydrogen-bond donors (Lipinski definition) is 1. The van der Waals surface area contributed by atoms with Gasteiger partial charge in [0.1, 0.15) is 0 Å². The van der Waals surface area contributed by atoms with Crippen molar-refractivity contribution in [2.45, 2.75) is 12.6 Å². The lowest BCUT2D eigenvalue weighted by atomic mass is 9.93. The SMILES string of the molecule is O=C(NC[C@@H]1CO[C@@H]2CN(Cc3ccccc3Cl)C[C@H]12)c1ccncc1. The van der Waals surface area contributed by atoms with Gasteiger partial charge in [-0.3, -0.25) is 14.7 Å². The maximum atomic E-state index is 12.2. The van der Waals surface area contributed by atoms with Gasteiger partial charge in [0.25, 0.3) is 5.91 Å². The Morgan fingerprint density at radius 1 is 1.23 bits per heavy atom. The van der Waals surface area contributed by atoms with Crippen LogP contribution in [0.15, 0.2) is 48.8 Å². The second-order valence-corrected chi connectivity index (χ2v) is 7.43. The fraction of sp³-hybridized carbons (Fsp3) is 0.400. The molecular formula is C20H22ClN3O2. The molecule has 1 aromatic carbocycles. The first-order chi connectivity index (χ1) is 12.7. The fourth-order valence-electron chi connectivity index (χ4n) is 3.92. The van der Waals surface area contributed by atoms with Crippen LogP contribution in [-0.4, -0.2) is 48.1 Å². The number of pyridine rings is 1. The van der Waals surface area contributed by atoms with Crippen LogP contribution in [0.2, 0.25) is 5.02 Å². The molecule has 3 atom stereocenters. The molecule has 0 aliphatic carbocycles. The van der Waals surface area contributed by atoms with Crippen LogP contribution in [0.5, 0.6) is 0 Å². The topological polar surface area (TPSA) is 54.5 Å². The van der Waals surface area contributed by atoms with Gasteiger partial charge in [-0.1, -0.05) is 29.8 Å². The van der Waals surface area contributed by atoms with E-state index in [1.807, 2.05) is 18.2 Å². The van der Waals surface area contributed by atoms with E-state index in [4.69, 9.17) is 16.3 Å². The van der Waals surface area contributed by atoms with Crippen LogP contribution >= 0.6 is 11.6 Å². The molecule has 2 aliphatic heterocycles. The quantitative estimate of drug-likeness (QED) is 0.877. The summed E-state index contributed by atoms with van der Waals surface area (Å²) in [6.45, 7) is 4.09. The van der Waals surface area contributed by atoms with Gasteiger partial charge < -0.3 is 10.1 Å². The average molecular weight is 372 g/mol. The second-order valence-electron chi connectivity index (χ2n) is 7.03. The first-order valence-electron chi connectivity index (χ1n) is 8.96. The number of ether oxygens (including phenoxy) is 1. The minimum Gasteiger partial charge on any atom is -0.376 e. The number of carbonyl (C=O) groups excluding carboxylic acids is 1. The molecule has 26 heavy (non-hydrogen) atoms. The van der Waals surface area contributed by atoms with E-state index in [9.17, 15) is 4.79 Å². The Hall–Kier alpha value is -1.95. The number of aromatic nitrogens is 1. The number of rotatable bonds is 5. The van der Waals surface area contributed by atoms with Gasteiger partial charge >= 0.3 is 0 Å². The van der Waals surface area contributed by atoms with E-state index in [-0.39, 0.29) is 12.0 Å². The lowest BCUT2D eigenvalue weighted by Gasteiger charge is -2.20. The van der Waals surface area contributed by atoms with E-state index in [0.717, 1.165) is 30.2 Å². The molecule has 0 radical (unpaired) electrons. The molecule has 2 saturated heterocycles. The summed E-state index contributed by atoms with van der Waals surface area (Å²) in [6, 6.07) is 11.4. The zero-order chi connectivity index (χ0) is 17.9. The van der Waals surface area contributed by atoms with E-state index in [0.29, 0.717) is 30.6 Å². The molecule has 2 fully saturated rings. The molecule has 6 heteroatoms. The van der Waals surface area contributed by atoms with E-state index < -0.39 is 0 Å². The Morgan fingerprint density at radius 2 is 2.04 bits per heavy atom. The number of halogens is 1. The highest BCUT2D eigenvalue weighted by Crippen LogP contribution is 2.34. The summed E-state index contributed by atoms with van der Waals surface area (Å²) >= 11 is 6.28. The number of benzene rings is 1. The van der Waals surface area contributed by atoms with E-state index in [1.54, 1.807) is 24.5 Å².